The molecule has 0 heterocycles. The fourth-order valence-electron chi connectivity index (χ4n) is 1.70. The van der Waals surface area contributed by atoms with Crippen LogP contribution in [0.25, 0.3) is 0 Å². The van der Waals surface area contributed by atoms with Crippen molar-refractivity contribution in [3.8, 4) is 0 Å². The van der Waals surface area contributed by atoms with E-state index in [1.807, 2.05) is 13.8 Å². The highest BCUT2D eigenvalue weighted by Crippen LogP contribution is 2.60. The summed E-state index contributed by atoms with van der Waals surface area (Å²) in [6, 6.07) is 0. The zero-order valence-electron chi connectivity index (χ0n) is 7.80. The van der Waals surface area contributed by atoms with Gasteiger partial charge in [0.25, 0.3) is 0 Å². The Hall–Kier alpha value is -0.380. The van der Waals surface area contributed by atoms with Crippen molar-refractivity contribution < 1.29 is 13.9 Å². The molecule has 1 fully saturated rings. The van der Waals surface area contributed by atoms with Crippen LogP contribution in [0, 0.1) is 17.3 Å². The predicted octanol–water partition coefficient (Wildman–Crippen LogP) is 2.64. The molecule has 13 heavy (non-hydrogen) atoms. The van der Waals surface area contributed by atoms with Gasteiger partial charge in [-0.25, -0.2) is 0 Å². The number of methoxy groups -OCH3 is 1. The zero-order chi connectivity index (χ0) is 10.2. The van der Waals surface area contributed by atoms with Crippen molar-refractivity contribution in [3.05, 3.63) is 10.8 Å². The molecule has 0 amide bonds. The number of ether oxygens (including phenoxy) is 1. The van der Waals surface area contributed by atoms with E-state index in [0.717, 1.165) is 0 Å². The average Bonchev–Trinajstić information content (AvgIpc) is 2.51. The highest BCUT2D eigenvalue weighted by molar-refractivity contribution is 9.11. The Bertz CT molecular complexity index is 256. The average molecular weight is 251 g/mol. The van der Waals surface area contributed by atoms with Gasteiger partial charge in [0.1, 0.15) is 0 Å². The Kier molecular flexibility index (Phi) is 2.80. The largest absolute Gasteiger partial charge is 0.469 e. The van der Waals surface area contributed by atoms with Gasteiger partial charge >= 0.3 is 5.97 Å². The van der Waals surface area contributed by atoms with E-state index in [1.54, 1.807) is 0 Å². The van der Waals surface area contributed by atoms with Crippen LogP contribution >= 0.6 is 15.9 Å². The predicted molar refractivity (Wildman–Crippen MR) is 50.9 cm³/mol. The molecule has 0 aromatic rings. The summed E-state index contributed by atoms with van der Waals surface area (Å²) in [7, 11) is 1.35. The molecule has 0 aromatic carbocycles. The quantitative estimate of drug-likeness (QED) is 0.705. The Labute approximate surface area is 85.3 Å². The first-order chi connectivity index (χ1) is 5.91. The molecule has 0 saturated heterocycles. The van der Waals surface area contributed by atoms with Crippen LogP contribution in [0.2, 0.25) is 0 Å². The van der Waals surface area contributed by atoms with Crippen LogP contribution in [0.3, 0.4) is 0 Å². The van der Waals surface area contributed by atoms with Crippen molar-refractivity contribution in [1.82, 2.24) is 0 Å². The minimum absolute atomic E-state index is 0.0562. The zero-order valence-corrected chi connectivity index (χ0v) is 9.39. The molecule has 0 spiro atoms. The first kappa shape index (κ1) is 10.7. The number of rotatable bonds is 2. The van der Waals surface area contributed by atoms with Gasteiger partial charge in [-0.2, -0.15) is 4.39 Å². The molecule has 1 saturated carbocycles. The lowest BCUT2D eigenvalue weighted by atomic mass is 10.1. The summed E-state index contributed by atoms with van der Waals surface area (Å²) in [5, 5.41) is 0. The Balaban J connectivity index is 2.72. The molecule has 1 rings (SSSR count). The fourth-order valence-corrected chi connectivity index (χ4v) is 1.99. The molecule has 74 valence electrons. The molecule has 0 aliphatic heterocycles. The van der Waals surface area contributed by atoms with Crippen LogP contribution in [0.15, 0.2) is 10.8 Å². The minimum atomic E-state index is -0.419. The normalized spacial score (nSPS) is 31.3. The third-order valence-corrected chi connectivity index (χ3v) is 2.94. The second-order valence-electron chi connectivity index (χ2n) is 3.80. The van der Waals surface area contributed by atoms with E-state index >= 15 is 0 Å². The second kappa shape index (κ2) is 3.40. The van der Waals surface area contributed by atoms with E-state index in [9.17, 15) is 9.18 Å². The van der Waals surface area contributed by atoms with Gasteiger partial charge in [0.15, 0.2) is 4.74 Å². The van der Waals surface area contributed by atoms with E-state index in [1.165, 1.54) is 13.2 Å². The van der Waals surface area contributed by atoms with Gasteiger partial charge in [-0.15, -0.1) is 0 Å². The molecule has 2 unspecified atom stereocenters. The molecular formula is C9H12BrFO2. The van der Waals surface area contributed by atoms with Gasteiger partial charge in [-0.1, -0.05) is 13.8 Å². The van der Waals surface area contributed by atoms with Crippen molar-refractivity contribution >= 4 is 21.9 Å². The first-order valence-corrected chi connectivity index (χ1v) is 4.81. The third kappa shape index (κ3) is 1.93. The number of carbonyl (C=O) groups is 1. The summed E-state index contributed by atoms with van der Waals surface area (Å²) in [5.41, 5.74) is -0.182. The molecular weight excluding hydrogens is 239 g/mol. The summed E-state index contributed by atoms with van der Waals surface area (Å²) in [5.74, 6) is -0.528. The molecule has 0 radical (unpaired) electrons. The van der Waals surface area contributed by atoms with Crippen molar-refractivity contribution in [2.45, 2.75) is 13.8 Å². The maximum Gasteiger partial charge on any atom is 0.309 e. The minimum Gasteiger partial charge on any atom is -0.469 e. The molecule has 2 nitrogen and oxygen atoms in total. The van der Waals surface area contributed by atoms with Gasteiger partial charge in [0.2, 0.25) is 0 Å². The van der Waals surface area contributed by atoms with Crippen LogP contribution in [-0.2, 0) is 9.53 Å². The summed E-state index contributed by atoms with van der Waals surface area (Å²) in [6.45, 7) is 3.84. The number of allylic oxidation sites excluding steroid dienone is 1. The highest BCUT2D eigenvalue weighted by Gasteiger charge is 2.61. The highest BCUT2D eigenvalue weighted by atomic mass is 79.9. The molecule has 4 heteroatoms. The van der Waals surface area contributed by atoms with Gasteiger partial charge in [-0.3, -0.25) is 4.79 Å². The van der Waals surface area contributed by atoms with Crippen LogP contribution in [0.1, 0.15) is 13.8 Å². The van der Waals surface area contributed by atoms with Gasteiger partial charge in [0.05, 0.1) is 13.0 Å². The first-order valence-electron chi connectivity index (χ1n) is 4.02. The lowest BCUT2D eigenvalue weighted by Crippen LogP contribution is -2.07. The second-order valence-corrected chi connectivity index (χ2v) is 4.56. The number of carbonyl (C=O) groups excluding carboxylic acids is 1. The van der Waals surface area contributed by atoms with E-state index < -0.39 is 4.74 Å². The molecule has 0 N–H and O–H groups in total. The van der Waals surface area contributed by atoms with E-state index in [2.05, 4.69) is 20.7 Å². The number of esters is 1. The van der Waals surface area contributed by atoms with E-state index in [4.69, 9.17) is 0 Å². The Morgan fingerprint density at radius 2 is 2.15 bits per heavy atom. The van der Waals surface area contributed by atoms with E-state index in [-0.39, 0.29) is 23.2 Å². The van der Waals surface area contributed by atoms with Crippen molar-refractivity contribution in [2.75, 3.05) is 7.11 Å². The monoisotopic (exact) mass is 250 g/mol. The Morgan fingerprint density at radius 1 is 1.62 bits per heavy atom. The molecule has 2 atom stereocenters. The van der Waals surface area contributed by atoms with Crippen molar-refractivity contribution in [3.63, 3.8) is 0 Å². The summed E-state index contributed by atoms with van der Waals surface area (Å²) < 4.78 is 16.7. The number of hydrogen-bond donors (Lipinski definition) is 0. The van der Waals surface area contributed by atoms with Gasteiger partial charge in [-0.05, 0) is 27.4 Å². The van der Waals surface area contributed by atoms with Crippen LogP contribution < -0.4 is 0 Å². The summed E-state index contributed by atoms with van der Waals surface area (Å²) in [4.78, 5) is 11.2. The van der Waals surface area contributed by atoms with Gasteiger partial charge < -0.3 is 4.74 Å². The maximum absolute atomic E-state index is 12.5. The molecule has 1 aliphatic carbocycles. The maximum atomic E-state index is 12.5. The molecule has 0 aromatic heterocycles. The molecule has 1 aliphatic rings. The third-order valence-electron chi connectivity index (χ3n) is 2.67. The van der Waals surface area contributed by atoms with Crippen molar-refractivity contribution in [2.24, 2.45) is 17.3 Å². The van der Waals surface area contributed by atoms with Crippen molar-refractivity contribution in [1.29, 1.82) is 0 Å². The fraction of sp³-hybridized carbons (Fsp3) is 0.667. The summed E-state index contributed by atoms with van der Waals surface area (Å²) >= 11 is 2.71. The SMILES string of the molecule is COC(=O)C1C(C=C(F)Br)C1(C)C. The lowest BCUT2D eigenvalue weighted by Gasteiger charge is -1.98. The smallest absolute Gasteiger partial charge is 0.309 e. The number of halogens is 2. The Morgan fingerprint density at radius 3 is 2.54 bits per heavy atom. The van der Waals surface area contributed by atoms with Crippen LogP contribution in [-0.4, -0.2) is 13.1 Å². The lowest BCUT2D eigenvalue weighted by molar-refractivity contribution is -0.143. The van der Waals surface area contributed by atoms with Gasteiger partial charge in [0, 0.05) is 5.92 Å². The van der Waals surface area contributed by atoms with Crippen LogP contribution in [0.5, 0.6) is 0 Å². The van der Waals surface area contributed by atoms with Crippen LogP contribution in [0.4, 0.5) is 4.39 Å². The topological polar surface area (TPSA) is 26.3 Å². The number of hydrogen-bond acceptors (Lipinski definition) is 2. The van der Waals surface area contributed by atoms with E-state index in [0.29, 0.717) is 0 Å². The standard InChI is InChI=1S/C9H12BrFO2/c1-9(2)5(4-6(10)11)7(9)8(12)13-3/h4-5,7H,1-3H3. The molecule has 0 bridgehead atoms. The summed E-state index contributed by atoms with van der Waals surface area (Å²) in [6.07, 6.45) is 1.42.